The van der Waals surface area contributed by atoms with Crippen molar-refractivity contribution in [3.05, 3.63) is 41.6 Å². The Hall–Kier alpha value is -2.50. The molecule has 1 unspecified atom stereocenters. The van der Waals surface area contributed by atoms with E-state index in [1.54, 1.807) is 13.3 Å². The zero-order valence-corrected chi connectivity index (χ0v) is 19.4. The number of carbonyl (C=O) groups excluding carboxylic acids is 1. The third kappa shape index (κ3) is 3.13. The molecule has 0 spiro atoms. The van der Waals surface area contributed by atoms with Gasteiger partial charge in [-0.25, -0.2) is 4.68 Å². The van der Waals surface area contributed by atoms with Gasteiger partial charge < -0.3 is 15.4 Å². The van der Waals surface area contributed by atoms with Gasteiger partial charge in [-0.05, 0) is 82.6 Å². The lowest BCUT2D eigenvalue weighted by atomic mass is 9.53. The van der Waals surface area contributed by atoms with Crippen LogP contribution in [-0.4, -0.2) is 28.3 Å². The van der Waals surface area contributed by atoms with Gasteiger partial charge in [-0.3, -0.25) is 4.79 Å². The first kappa shape index (κ1) is 20.1. The summed E-state index contributed by atoms with van der Waals surface area (Å²) in [5.74, 6) is 4.11. The van der Waals surface area contributed by atoms with E-state index >= 15 is 0 Å². The van der Waals surface area contributed by atoms with Crippen LogP contribution in [-0.2, 0) is 5.54 Å². The lowest BCUT2D eigenvalue weighted by molar-refractivity contribution is -0.0166. The van der Waals surface area contributed by atoms with Crippen molar-refractivity contribution in [3.8, 4) is 5.75 Å². The number of hydrogen-bond donors (Lipinski definition) is 2. The molecular formula is C26H34N4O2. The fraction of sp³-hybridized carbons (Fsp3) is 0.615. The molecule has 1 atom stereocenters. The van der Waals surface area contributed by atoms with E-state index in [1.807, 2.05) is 22.9 Å². The van der Waals surface area contributed by atoms with Gasteiger partial charge in [0.05, 0.1) is 24.9 Å². The van der Waals surface area contributed by atoms with E-state index in [4.69, 9.17) is 4.74 Å². The minimum atomic E-state index is -0.217. The number of ether oxygens (including phenoxy) is 1. The van der Waals surface area contributed by atoms with Gasteiger partial charge in [0.2, 0.25) is 0 Å². The number of hydrogen-bond acceptors (Lipinski definition) is 4. The lowest BCUT2D eigenvalue weighted by Gasteiger charge is -2.56. The molecule has 4 saturated carbocycles. The van der Waals surface area contributed by atoms with E-state index in [9.17, 15) is 4.79 Å². The summed E-state index contributed by atoms with van der Waals surface area (Å²) in [6.07, 6.45) is 10.2. The van der Waals surface area contributed by atoms with Crippen molar-refractivity contribution >= 4 is 11.7 Å². The number of nitrogens with zero attached hydrogens (tertiary/aromatic N) is 2. The van der Waals surface area contributed by atoms with Crippen LogP contribution in [0.15, 0.2) is 30.5 Å². The molecule has 1 aromatic heterocycles. The van der Waals surface area contributed by atoms with E-state index in [0.717, 1.165) is 60.6 Å². The second-order valence-corrected chi connectivity index (χ2v) is 11.4. The summed E-state index contributed by atoms with van der Waals surface area (Å²) in [5.41, 5.74) is 1.55. The van der Waals surface area contributed by atoms with Gasteiger partial charge >= 0.3 is 0 Å². The van der Waals surface area contributed by atoms with Gasteiger partial charge in [0, 0.05) is 11.1 Å². The summed E-state index contributed by atoms with van der Waals surface area (Å²) in [5, 5.41) is 11.8. The zero-order valence-electron chi connectivity index (χ0n) is 19.4. The molecule has 4 fully saturated rings. The number of amides is 1. The van der Waals surface area contributed by atoms with Crippen LogP contribution in [0.25, 0.3) is 0 Å². The Morgan fingerprint density at radius 2 is 1.75 bits per heavy atom. The summed E-state index contributed by atoms with van der Waals surface area (Å²) in [4.78, 5) is 13.6. The molecular weight excluding hydrogens is 400 g/mol. The van der Waals surface area contributed by atoms with Crippen LogP contribution >= 0.6 is 0 Å². The Labute approximate surface area is 190 Å². The number of aromatic nitrogens is 2. The molecule has 5 aliphatic rings. The largest absolute Gasteiger partial charge is 0.496 e. The number of anilines is 1. The fourth-order valence-corrected chi connectivity index (χ4v) is 7.63. The van der Waals surface area contributed by atoms with Crippen LogP contribution in [0.3, 0.4) is 0 Å². The summed E-state index contributed by atoms with van der Waals surface area (Å²) in [6, 6.07) is 8.19. The van der Waals surface area contributed by atoms with E-state index < -0.39 is 0 Å². The second kappa shape index (κ2) is 7.00. The highest BCUT2D eigenvalue weighted by atomic mass is 16.5. The molecule has 2 heterocycles. The topological polar surface area (TPSA) is 68.2 Å². The van der Waals surface area contributed by atoms with Gasteiger partial charge in [-0.1, -0.05) is 18.2 Å². The van der Waals surface area contributed by atoms with Crippen molar-refractivity contribution in [1.82, 2.24) is 15.1 Å². The van der Waals surface area contributed by atoms with E-state index in [0.29, 0.717) is 5.56 Å². The molecule has 1 amide bonds. The normalized spacial score (nSPS) is 34.0. The number of fused-ring (bicyclic) bond motifs is 1. The Morgan fingerprint density at radius 1 is 1.09 bits per heavy atom. The average Bonchev–Trinajstić information content (AvgIpc) is 3.17. The molecule has 0 radical (unpaired) electrons. The van der Waals surface area contributed by atoms with Crippen LogP contribution < -0.4 is 15.4 Å². The minimum Gasteiger partial charge on any atom is -0.496 e. The molecule has 4 bridgehead atoms. The Bertz CT molecular complexity index is 1020. The summed E-state index contributed by atoms with van der Waals surface area (Å²) >= 11 is 0. The maximum absolute atomic E-state index is 13.6. The fourth-order valence-electron chi connectivity index (χ4n) is 7.63. The lowest BCUT2D eigenvalue weighted by Crippen LogP contribution is -2.59. The minimum absolute atomic E-state index is 0.00705. The van der Waals surface area contributed by atoms with E-state index in [2.05, 4.69) is 35.6 Å². The monoisotopic (exact) mass is 434 g/mol. The van der Waals surface area contributed by atoms with Crippen molar-refractivity contribution in [2.45, 2.75) is 75.9 Å². The number of nitrogens with one attached hydrogen (secondary N) is 2. The summed E-state index contributed by atoms with van der Waals surface area (Å²) < 4.78 is 7.62. The maximum atomic E-state index is 13.6. The highest BCUT2D eigenvalue weighted by Crippen LogP contribution is 2.55. The molecule has 0 saturated heterocycles. The first-order valence-corrected chi connectivity index (χ1v) is 12.2. The van der Waals surface area contributed by atoms with Crippen molar-refractivity contribution in [1.29, 1.82) is 0 Å². The van der Waals surface area contributed by atoms with Gasteiger partial charge in [0.1, 0.15) is 17.1 Å². The number of rotatable bonds is 4. The first-order chi connectivity index (χ1) is 15.4. The van der Waals surface area contributed by atoms with E-state index in [-0.39, 0.29) is 23.0 Å². The van der Waals surface area contributed by atoms with Gasteiger partial charge in [0.15, 0.2) is 0 Å². The van der Waals surface area contributed by atoms with Crippen molar-refractivity contribution in [2.75, 3.05) is 12.4 Å². The van der Waals surface area contributed by atoms with Crippen LogP contribution in [0.5, 0.6) is 5.75 Å². The standard InChI is InChI=1S/C26H34N4O2/c1-25(2)14-21(19-6-4-5-7-22(19)32-3)28-23-20(15-27-30(23)25)24(31)29-26-11-16-8-17(12-26)10-18(9-16)13-26/h4-7,15-18,21,28H,8-14H2,1-3H3,(H,29,31). The van der Waals surface area contributed by atoms with Crippen molar-refractivity contribution in [3.63, 3.8) is 0 Å². The summed E-state index contributed by atoms with van der Waals surface area (Å²) in [6.45, 7) is 4.38. The smallest absolute Gasteiger partial charge is 0.257 e. The zero-order chi connectivity index (χ0) is 22.1. The molecule has 4 aliphatic carbocycles. The molecule has 1 aromatic carbocycles. The van der Waals surface area contributed by atoms with Crippen molar-refractivity contribution < 1.29 is 9.53 Å². The molecule has 2 aromatic rings. The van der Waals surface area contributed by atoms with Gasteiger partial charge in [-0.2, -0.15) is 5.10 Å². The van der Waals surface area contributed by atoms with Crippen LogP contribution in [0.2, 0.25) is 0 Å². The molecule has 1 aliphatic heterocycles. The Balaban J connectivity index is 1.30. The Morgan fingerprint density at radius 3 is 2.41 bits per heavy atom. The third-order valence-corrected chi connectivity index (χ3v) is 8.53. The number of para-hydroxylation sites is 1. The third-order valence-electron chi connectivity index (χ3n) is 8.53. The molecule has 6 nitrogen and oxygen atoms in total. The highest BCUT2D eigenvalue weighted by molar-refractivity contribution is 5.99. The summed E-state index contributed by atoms with van der Waals surface area (Å²) in [7, 11) is 1.71. The van der Waals surface area contributed by atoms with Crippen molar-refractivity contribution in [2.24, 2.45) is 17.8 Å². The maximum Gasteiger partial charge on any atom is 0.257 e. The molecule has 170 valence electrons. The van der Waals surface area contributed by atoms with E-state index in [1.165, 1.54) is 19.3 Å². The first-order valence-electron chi connectivity index (χ1n) is 12.2. The molecule has 32 heavy (non-hydrogen) atoms. The van der Waals surface area contributed by atoms with Crippen LogP contribution in [0, 0.1) is 17.8 Å². The number of methoxy groups -OCH3 is 1. The molecule has 7 rings (SSSR count). The van der Waals surface area contributed by atoms with Crippen LogP contribution in [0.1, 0.15) is 80.8 Å². The van der Waals surface area contributed by atoms with Gasteiger partial charge in [-0.15, -0.1) is 0 Å². The SMILES string of the molecule is COc1ccccc1C1CC(C)(C)n2ncc(C(=O)NC34CC5CC(CC(C5)C3)C4)c2N1. The Kier molecular flexibility index (Phi) is 4.40. The molecule has 2 N–H and O–H groups in total. The number of benzene rings is 1. The van der Waals surface area contributed by atoms with Crippen LogP contribution in [0.4, 0.5) is 5.82 Å². The highest BCUT2D eigenvalue weighted by Gasteiger charge is 2.52. The quantitative estimate of drug-likeness (QED) is 0.719. The van der Waals surface area contributed by atoms with Gasteiger partial charge in [0.25, 0.3) is 5.91 Å². The number of carbonyl (C=O) groups is 1. The second-order valence-electron chi connectivity index (χ2n) is 11.4. The predicted molar refractivity (Wildman–Crippen MR) is 124 cm³/mol. The predicted octanol–water partition coefficient (Wildman–Crippen LogP) is 4.88. The molecule has 6 heteroatoms. The average molecular weight is 435 g/mol.